The first-order chi connectivity index (χ1) is 11.6. The molecule has 2 N–H and O–H groups in total. The van der Waals surface area contributed by atoms with Crippen molar-refractivity contribution in [1.29, 1.82) is 0 Å². The van der Waals surface area contributed by atoms with Gasteiger partial charge in [0, 0.05) is 43.8 Å². The molecule has 25 heavy (non-hydrogen) atoms. The zero-order chi connectivity index (χ0) is 17.8. The monoisotopic (exact) mass is 522 g/mol. The lowest BCUT2D eigenvalue weighted by atomic mass is 10.2. The molecule has 0 aliphatic carbocycles. The Hall–Kier alpha value is -1.09. The number of amides is 1. The molecular formula is C18H28BrIN4O. The third kappa shape index (κ3) is 9.84. The quantitative estimate of drug-likeness (QED) is 0.171. The molecule has 0 unspecified atom stereocenters. The second kappa shape index (κ2) is 14.1. The molecule has 0 radical (unpaired) electrons. The van der Waals surface area contributed by atoms with Crippen molar-refractivity contribution < 1.29 is 4.79 Å². The summed E-state index contributed by atoms with van der Waals surface area (Å²) < 4.78 is 0.965. The Labute approximate surface area is 176 Å². The van der Waals surface area contributed by atoms with Gasteiger partial charge in [-0.3, -0.25) is 9.79 Å². The van der Waals surface area contributed by atoms with Crippen LogP contribution in [0.1, 0.15) is 29.6 Å². The van der Waals surface area contributed by atoms with Gasteiger partial charge in [0.25, 0.3) is 5.91 Å². The van der Waals surface area contributed by atoms with E-state index in [1.165, 1.54) is 0 Å². The number of nitrogens with zero attached hydrogens (tertiary/aromatic N) is 2. The van der Waals surface area contributed by atoms with Gasteiger partial charge in [0.1, 0.15) is 0 Å². The van der Waals surface area contributed by atoms with Crippen molar-refractivity contribution in [2.75, 3.05) is 33.7 Å². The number of aliphatic imine (C=N–C) groups is 1. The molecule has 0 saturated carbocycles. The molecule has 0 saturated heterocycles. The van der Waals surface area contributed by atoms with Gasteiger partial charge in [-0.15, -0.1) is 30.6 Å². The highest BCUT2D eigenvalue weighted by atomic mass is 127. The highest BCUT2D eigenvalue weighted by molar-refractivity contribution is 14.0. The molecule has 1 amide bonds. The Balaban J connectivity index is 0.00000576. The van der Waals surface area contributed by atoms with Gasteiger partial charge < -0.3 is 15.5 Å². The predicted octanol–water partition coefficient (Wildman–Crippen LogP) is 3.66. The van der Waals surface area contributed by atoms with E-state index < -0.39 is 0 Å². The smallest absolute Gasteiger partial charge is 0.251 e. The first kappa shape index (κ1) is 23.9. The minimum atomic E-state index is -0.0478. The van der Waals surface area contributed by atoms with Crippen LogP contribution in [0, 0.1) is 0 Å². The number of hydrogen-bond donors (Lipinski definition) is 2. The van der Waals surface area contributed by atoms with E-state index >= 15 is 0 Å². The van der Waals surface area contributed by atoms with Crippen molar-refractivity contribution in [3.8, 4) is 0 Å². The summed E-state index contributed by atoms with van der Waals surface area (Å²) in [7, 11) is 3.80. The largest absolute Gasteiger partial charge is 0.356 e. The Morgan fingerprint density at radius 2 is 1.88 bits per heavy atom. The Morgan fingerprint density at radius 1 is 1.24 bits per heavy atom. The molecule has 7 heteroatoms. The van der Waals surface area contributed by atoms with E-state index in [0.29, 0.717) is 12.1 Å². The van der Waals surface area contributed by atoms with Crippen molar-refractivity contribution in [3.63, 3.8) is 0 Å². The fourth-order valence-corrected chi connectivity index (χ4v) is 2.42. The average molecular weight is 523 g/mol. The minimum Gasteiger partial charge on any atom is -0.356 e. The lowest BCUT2D eigenvalue weighted by Crippen LogP contribution is -2.40. The van der Waals surface area contributed by atoms with Crippen LogP contribution >= 0.6 is 39.9 Å². The summed E-state index contributed by atoms with van der Waals surface area (Å²) in [5, 5.41) is 6.23. The second-order valence-corrected chi connectivity index (χ2v) is 6.36. The van der Waals surface area contributed by atoms with Crippen molar-refractivity contribution in [2.45, 2.75) is 19.3 Å². The molecule has 0 aliphatic rings. The van der Waals surface area contributed by atoms with Gasteiger partial charge >= 0.3 is 0 Å². The van der Waals surface area contributed by atoms with Gasteiger partial charge in [0.2, 0.25) is 0 Å². The van der Waals surface area contributed by atoms with Gasteiger partial charge in [-0.05, 0) is 43.5 Å². The number of unbranched alkanes of at least 4 members (excludes halogenated alkanes) is 1. The van der Waals surface area contributed by atoms with Gasteiger partial charge in [0.15, 0.2) is 5.96 Å². The van der Waals surface area contributed by atoms with Crippen LogP contribution in [0.2, 0.25) is 0 Å². The zero-order valence-electron chi connectivity index (χ0n) is 14.9. The van der Waals surface area contributed by atoms with Gasteiger partial charge in [-0.2, -0.15) is 0 Å². The normalized spacial score (nSPS) is 10.6. The molecular weight excluding hydrogens is 495 g/mol. The van der Waals surface area contributed by atoms with Crippen LogP contribution in [0.25, 0.3) is 0 Å². The second-order valence-electron chi connectivity index (χ2n) is 5.44. The maximum atomic E-state index is 12.0. The predicted molar refractivity (Wildman–Crippen MR) is 120 cm³/mol. The third-order valence-corrected chi connectivity index (χ3v) is 4.03. The SMILES string of the molecule is C=CCCCN(C)C(=NC)NCCCNC(=O)c1ccc(Br)cc1.I. The summed E-state index contributed by atoms with van der Waals surface area (Å²) in [6.45, 7) is 6.06. The summed E-state index contributed by atoms with van der Waals surface area (Å²) in [5.74, 6) is 0.826. The topological polar surface area (TPSA) is 56.7 Å². The summed E-state index contributed by atoms with van der Waals surface area (Å²) in [4.78, 5) is 18.3. The highest BCUT2D eigenvalue weighted by Crippen LogP contribution is 2.10. The van der Waals surface area contributed by atoms with E-state index in [0.717, 1.165) is 42.8 Å². The summed E-state index contributed by atoms with van der Waals surface area (Å²) >= 11 is 3.36. The number of halogens is 2. The molecule has 0 aromatic heterocycles. The molecule has 1 rings (SSSR count). The number of nitrogens with one attached hydrogen (secondary N) is 2. The summed E-state index contributed by atoms with van der Waals surface area (Å²) in [6, 6.07) is 7.33. The molecule has 0 fully saturated rings. The van der Waals surface area contributed by atoms with E-state index in [4.69, 9.17) is 0 Å². The fourth-order valence-electron chi connectivity index (χ4n) is 2.16. The van der Waals surface area contributed by atoms with E-state index in [-0.39, 0.29) is 29.9 Å². The summed E-state index contributed by atoms with van der Waals surface area (Å²) in [6.07, 6.45) is 4.83. The van der Waals surface area contributed by atoms with Crippen molar-refractivity contribution in [3.05, 3.63) is 47.0 Å². The maximum Gasteiger partial charge on any atom is 0.251 e. The van der Waals surface area contributed by atoms with E-state index in [1.807, 2.05) is 25.3 Å². The average Bonchev–Trinajstić information content (AvgIpc) is 2.58. The van der Waals surface area contributed by atoms with Crippen molar-refractivity contribution in [2.24, 2.45) is 4.99 Å². The molecule has 0 heterocycles. The molecule has 1 aromatic carbocycles. The zero-order valence-corrected chi connectivity index (χ0v) is 18.8. The number of guanidine groups is 1. The number of carbonyl (C=O) groups excluding carboxylic acids is 1. The Kier molecular flexibility index (Phi) is 13.5. The van der Waals surface area contributed by atoms with Gasteiger partial charge in [0.05, 0.1) is 0 Å². The first-order valence-electron chi connectivity index (χ1n) is 8.15. The van der Waals surface area contributed by atoms with Crippen LogP contribution in [0.15, 0.2) is 46.4 Å². The minimum absolute atomic E-state index is 0. The Bertz CT molecular complexity index is 549. The molecule has 5 nitrogen and oxygen atoms in total. The van der Waals surface area contributed by atoms with Crippen LogP contribution in [0.3, 0.4) is 0 Å². The number of carbonyl (C=O) groups is 1. The molecule has 0 spiro atoms. The highest BCUT2D eigenvalue weighted by Gasteiger charge is 2.06. The number of rotatable bonds is 9. The van der Waals surface area contributed by atoms with Crippen LogP contribution in [0.4, 0.5) is 0 Å². The van der Waals surface area contributed by atoms with E-state index in [1.54, 1.807) is 19.2 Å². The van der Waals surface area contributed by atoms with Crippen molar-refractivity contribution >= 4 is 51.8 Å². The Morgan fingerprint density at radius 3 is 2.48 bits per heavy atom. The number of allylic oxidation sites excluding steroid dienone is 1. The molecule has 0 atom stereocenters. The lowest BCUT2D eigenvalue weighted by Gasteiger charge is -2.21. The van der Waals surface area contributed by atoms with Crippen LogP contribution in [-0.2, 0) is 0 Å². The van der Waals surface area contributed by atoms with Crippen molar-refractivity contribution in [1.82, 2.24) is 15.5 Å². The number of hydrogen-bond acceptors (Lipinski definition) is 2. The summed E-state index contributed by atoms with van der Waals surface area (Å²) in [5.41, 5.74) is 0.670. The van der Waals surface area contributed by atoms with Gasteiger partial charge in [-0.25, -0.2) is 0 Å². The van der Waals surface area contributed by atoms with Crippen LogP contribution in [0.5, 0.6) is 0 Å². The molecule has 1 aromatic rings. The first-order valence-corrected chi connectivity index (χ1v) is 8.94. The molecule has 0 bridgehead atoms. The van der Waals surface area contributed by atoms with Crippen LogP contribution < -0.4 is 10.6 Å². The fraction of sp³-hybridized carbons (Fsp3) is 0.444. The lowest BCUT2D eigenvalue weighted by molar-refractivity contribution is 0.0953. The van der Waals surface area contributed by atoms with E-state index in [2.05, 4.69) is 43.0 Å². The van der Waals surface area contributed by atoms with Gasteiger partial charge in [-0.1, -0.05) is 22.0 Å². The van der Waals surface area contributed by atoms with E-state index in [9.17, 15) is 4.79 Å². The van der Waals surface area contributed by atoms with Crippen LogP contribution in [-0.4, -0.2) is 50.5 Å². The third-order valence-electron chi connectivity index (χ3n) is 3.50. The maximum absolute atomic E-state index is 12.0. The standard InChI is InChI=1S/C18H27BrN4O.HI/c1-4-5-6-14-23(3)18(20-2)22-13-7-12-21-17(24)15-8-10-16(19)11-9-15;/h4,8-11H,1,5-7,12-14H2,2-3H3,(H,20,22)(H,21,24);1H. The molecule has 140 valence electrons. The molecule has 0 aliphatic heterocycles. The number of benzene rings is 1.